The fourth-order valence-corrected chi connectivity index (χ4v) is 5.45. The molecule has 0 unspecified atom stereocenters. The number of nitrogens with one attached hydrogen (secondary N) is 2. The van der Waals surface area contributed by atoms with E-state index >= 15 is 0 Å². The average Bonchev–Trinajstić information content (AvgIpc) is 3.48. The summed E-state index contributed by atoms with van der Waals surface area (Å²) in [5, 5.41) is 32.8. The van der Waals surface area contributed by atoms with E-state index in [1.807, 2.05) is 24.3 Å². The second kappa shape index (κ2) is 11.5. The summed E-state index contributed by atoms with van der Waals surface area (Å²) in [6.45, 7) is 0.0407. The molecule has 9 heteroatoms. The molecule has 2 aromatic carbocycles. The minimum absolute atomic E-state index is 0.0355. The molecule has 2 aliphatic carbocycles. The van der Waals surface area contributed by atoms with Crippen molar-refractivity contribution in [2.45, 2.75) is 69.7 Å². The number of aliphatic hydroxyl groups excluding tert-OH is 1. The van der Waals surface area contributed by atoms with E-state index < -0.39 is 36.4 Å². The molecule has 2 aliphatic rings. The first-order valence-electron chi connectivity index (χ1n) is 12.4. The number of phenols is 1. The van der Waals surface area contributed by atoms with E-state index in [1.165, 1.54) is 17.0 Å². The number of rotatable bonds is 9. The molecule has 192 valence electrons. The predicted octanol–water partition coefficient (Wildman–Crippen LogP) is 2.34. The number of hydrogen-bond donors (Lipinski definition) is 5. The first-order valence-corrected chi connectivity index (χ1v) is 12.4. The second-order valence-electron chi connectivity index (χ2n) is 9.76. The maximum atomic E-state index is 14.0. The van der Waals surface area contributed by atoms with E-state index in [1.54, 1.807) is 17.6 Å². The molecular formula is C27H33N3O6. The summed E-state index contributed by atoms with van der Waals surface area (Å²) in [5.74, 6) is -1.40. The maximum absolute atomic E-state index is 14.0. The van der Waals surface area contributed by atoms with Crippen LogP contribution in [0, 0.1) is 5.92 Å². The Balaban J connectivity index is 1.64. The zero-order chi connectivity index (χ0) is 25.7. The molecule has 1 saturated carbocycles. The normalized spacial score (nSPS) is 19.9. The van der Waals surface area contributed by atoms with E-state index in [9.17, 15) is 24.6 Å². The monoisotopic (exact) mass is 495 g/mol. The standard InChI is InChI=1S/C27H33N3O6/c31-20-10-5-8-18(12-20)16-30(26-21-11-4-3-9-19(21)14-23(26)32)27(35)22(15-25(34)29-36)28-24(33)13-17-6-1-2-7-17/h3-5,8-12,17,22-23,26,31-32,36H,1-2,6-7,13-16H2,(H,28,33)(H,29,34)/t22-,23-,26+/m1/s1. The fraction of sp³-hybridized carbons (Fsp3) is 0.444. The number of phenolic OH excluding ortho intramolecular Hbond substituents is 1. The molecule has 1 fully saturated rings. The summed E-state index contributed by atoms with van der Waals surface area (Å²) in [4.78, 5) is 40.4. The zero-order valence-corrected chi connectivity index (χ0v) is 20.1. The number of fused-ring (bicyclic) bond motifs is 1. The molecule has 4 rings (SSSR count). The van der Waals surface area contributed by atoms with Crippen molar-refractivity contribution in [2.24, 2.45) is 5.92 Å². The van der Waals surface area contributed by atoms with Crippen molar-refractivity contribution in [1.82, 2.24) is 15.7 Å². The van der Waals surface area contributed by atoms with Gasteiger partial charge in [-0.25, -0.2) is 5.48 Å². The highest BCUT2D eigenvalue weighted by molar-refractivity contribution is 5.92. The third kappa shape index (κ3) is 6.03. The first-order chi connectivity index (χ1) is 17.4. The first kappa shape index (κ1) is 25.7. The van der Waals surface area contributed by atoms with Gasteiger partial charge < -0.3 is 20.4 Å². The third-order valence-electron chi connectivity index (χ3n) is 7.15. The summed E-state index contributed by atoms with van der Waals surface area (Å²) in [5.41, 5.74) is 3.88. The summed E-state index contributed by atoms with van der Waals surface area (Å²) in [6, 6.07) is 12.0. The number of aliphatic hydroxyl groups is 1. The van der Waals surface area contributed by atoms with Crippen molar-refractivity contribution in [3.8, 4) is 5.75 Å². The molecule has 0 bridgehead atoms. The molecule has 2 aromatic rings. The molecule has 9 nitrogen and oxygen atoms in total. The van der Waals surface area contributed by atoms with Gasteiger partial charge >= 0.3 is 0 Å². The number of carbonyl (C=O) groups is 3. The Hall–Kier alpha value is -3.43. The number of amides is 3. The Bertz CT molecular complexity index is 1100. The van der Waals surface area contributed by atoms with Gasteiger partial charge in [0.05, 0.1) is 18.6 Å². The molecule has 0 heterocycles. The van der Waals surface area contributed by atoms with E-state index in [4.69, 9.17) is 5.21 Å². The minimum Gasteiger partial charge on any atom is -0.508 e. The Kier molecular flexibility index (Phi) is 8.22. The second-order valence-corrected chi connectivity index (χ2v) is 9.76. The highest BCUT2D eigenvalue weighted by atomic mass is 16.5. The highest BCUT2D eigenvalue weighted by Gasteiger charge is 2.40. The van der Waals surface area contributed by atoms with Crippen LogP contribution in [0.5, 0.6) is 5.75 Å². The lowest BCUT2D eigenvalue weighted by molar-refractivity contribution is -0.144. The minimum atomic E-state index is -1.23. The largest absolute Gasteiger partial charge is 0.508 e. The van der Waals surface area contributed by atoms with Crippen molar-refractivity contribution < 1.29 is 29.8 Å². The zero-order valence-electron chi connectivity index (χ0n) is 20.1. The van der Waals surface area contributed by atoms with Crippen molar-refractivity contribution in [3.05, 3.63) is 65.2 Å². The Morgan fingerprint density at radius 1 is 1.03 bits per heavy atom. The summed E-state index contributed by atoms with van der Waals surface area (Å²) >= 11 is 0. The Morgan fingerprint density at radius 3 is 2.50 bits per heavy atom. The van der Waals surface area contributed by atoms with Crippen molar-refractivity contribution in [2.75, 3.05) is 0 Å². The van der Waals surface area contributed by atoms with Crippen LogP contribution in [0.2, 0.25) is 0 Å². The molecule has 3 atom stereocenters. The SMILES string of the molecule is O=C(C[C@@H](NC(=O)CC1CCCC1)C(=O)N(Cc1cccc(O)c1)[C@H]1c2ccccc2C[C@H]1O)NO. The van der Waals surface area contributed by atoms with Crippen LogP contribution in [-0.4, -0.2) is 50.2 Å². The maximum Gasteiger partial charge on any atom is 0.246 e. The van der Waals surface area contributed by atoms with Crippen LogP contribution < -0.4 is 10.8 Å². The molecule has 5 N–H and O–H groups in total. The number of carbonyl (C=O) groups excluding carboxylic acids is 3. The number of aromatic hydroxyl groups is 1. The lowest BCUT2D eigenvalue weighted by Crippen LogP contribution is -2.52. The van der Waals surface area contributed by atoms with Crippen LogP contribution in [0.15, 0.2) is 48.5 Å². The van der Waals surface area contributed by atoms with Gasteiger partial charge in [-0.15, -0.1) is 0 Å². The van der Waals surface area contributed by atoms with Gasteiger partial charge in [-0.1, -0.05) is 49.2 Å². The number of nitrogens with zero attached hydrogens (tertiary/aromatic N) is 1. The van der Waals surface area contributed by atoms with E-state index in [2.05, 4.69) is 5.32 Å². The highest BCUT2D eigenvalue weighted by Crippen LogP contribution is 2.37. The van der Waals surface area contributed by atoms with Gasteiger partial charge in [0, 0.05) is 19.4 Å². The van der Waals surface area contributed by atoms with Gasteiger partial charge in [0.1, 0.15) is 11.8 Å². The summed E-state index contributed by atoms with van der Waals surface area (Å²) in [6.07, 6.45) is 3.35. The van der Waals surface area contributed by atoms with E-state index in [0.717, 1.165) is 36.8 Å². The molecule has 36 heavy (non-hydrogen) atoms. The molecule has 0 saturated heterocycles. The topological polar surface area (TPSA) is 139 Å². The van der Waals surface area contributed by atoms with Crippen molar-refractivity contribution in [3.63, 3.8) is 0 Å². The molecule has 0 aromatic heterocycles. The van der Waals surface area contributed by atoms with Crippen molar-refractivity contribution in [1.29, 1.82) is 0 Å². The third-order valence-corrected chi connectivity index (χ3v) is 7.15. The number of hydrogen-bond acceptors (Lipinski definition) is 6. The fourth-order valence-electron chi connectivity index (χ4n) is 5.45. The van der Waals surface area contributed by atoms with Gasteiger partial charge in [0.2, 0.25) is 17.7 Å². The van der Waals surface area contributed by atoms with E-state index in [0.29, 0.717) is 12.0 Å². The predicted molar refractivity (Wildman–Crippen MR) is 131 cm³/mol. The molecule has 3 amide bonds. The van der Waals surface area contributed by atoms with Crippen LogP contribution in [0.25, 0.3) is 0 Å². The summed E-state index contributed by atoms with van der Waals surface area (Å²) < 4.78 is 0. The summed E-state index contributed by atoms with van der Waals surface area (Å²) in [7, 11) is 0. The smallest absolute Gasteiger partial charge is 0.246 e. The molecule has 0 radical (unpaired) electrons. The van der Waals surface area contributed by atoms with Gasteiger partial charge in [-0.2, -0.15) is 0 Å². The average molecular weight is 496 g/mol. The van der Waals surface area contributed by atoms with Crippen LogP contribution in [0.3, 0.4) is 0 Å². The Morgan fingerprint density at radius 2 is 1.78 bits per heavy atom. The molecular weight excluding hydrogens is 462 g/mol. The van der Waals surface area contributed by atoms with Gasteiger partial charge in [-0.05, 0) is 47.6 Å². The van der Waals surface area contributed by atoms with Gasteiger partial charge in [0.25, 0.3) is 0 Å². The van der Waals surface area contributed by atoms with Gasteiger partial charge in [0.15, 0.2) is 0 Å². The molecule has 0 spiro atoms. The lowest BCUT2D eigenvalue weighted by Gasteiger charge is -2.35. The molecule has 0 aliphatic heterocycles. The van der Waals surface area contributed by atoms with Crippen LogP contribution >= 0.6 is 0 Å². The van der Waals surface area contributed by atoms with Crippen LogP contribution in [0.4, 0.5) is 0 Å². The van der Waals surface area contributed by atoms with E-state index in [-0.39, 0.29) is 30.5 Å². The quantitative estimate of drug-likeness (QED) is 0.267. The van der Waals surface area contributed by atoms with Crippen LogP contribution in [0.1, 0.15) is 61.3 Å². The van der Waals surface area contributed by atoms with Crippen LogP contribution in [-0.2, 0) is 27.3 Å². The van der Waals surface area contributed by atoms with Gasteiger partial charge in [-0.3, -0.25) is 19.6 Å². The lowest BCUT2D eigenvalue weighted by atomic mass is 10.0. The number of benzene rings is 2. The Labute approximate surface area is 210 Å². The number of hydroxylamine groups is 1. The van der Waals surface area contributed by atoms with Crippen molar-refractivity contribution >= 4 is 17.7 Å².